The zero-order valence-corrected chi connectivity index (χ0v) is 5.70. The molecule has 1 nitrogen and oxygen atoms in total. The molecule has 0 saturated carbocycles. The number of nitrogens with one attached hydrogen (secondary N) is 1. The lowest BCUT2D eigenvalue weighted by Gasteiger charge is -2.10. The molecule has 0 aromatic heterocycles. The third kappa shape index (κ3) is 1.35. The van der Waals surface area contributed by atoms with Crippen LogP contribution < -0.4 is 5.32 Å². The third-order valence-corrected chi connectivity index (χ3v) is 1.41. The number of alkyl halides is 1. The number of hydrogen-bond acceptors (Lipinski definition) is 1. The first-order valence-electron chi connectivity index (χ1n) is 3.12. The van der Waals surface area contributed by atoms with Crippen LogP contribution in [0.1, 0.15) is 6.42 Å². The highest BCUT2D eigenvalue weighted by atomic mass is 19.1. The molecular weight excluding hydrogens is 136 g/mol. The van der Waals surface area contributed by atoms with E-state index in [0.29, 0.717) is 5.70 Å². The van der Waals surface area contributed by atoms with Crippen molar-refractivity contribution in [3.8, 4) is 0 Å². The lowest BCUT2D eigenvalue weighted by Crippen LogP contribution is -2.12. The zero-order valence-electron chi connectivity index (χ0n) is 5.70. The number of hydrogen-bond donors (Lipinski definition) is 1. The SMILES string of the molecule is CNC1=C(F)CC(F)C=C1. The summed E-state index contributed by atoms with van der Waals surface area (Å²) in [6, 6.07) is 0. The maximum Gasteiger partial charge on any atom is 0.126 e. The second-order valence-corrected chi connectivity index (χ2v) is 2.15. The molecule has 0 saturated heterocycles. The highest BCUT2D eigenvalue weighted by molar-refractivity contribution is 5.25. The van der Waals surface area contributed by atoms with Gasteiger partial charge in [0.15, 0.2) is 0 Å². The molecule has 0 amide bonds. The molecule has 1 unspecified atom stereocenters. The summed E-state index contributed by atoms with van der Waals surface area (Å²) in [4.78, 5) is 0. The van der Waals surface area contributed by atoms with Crippen LogP contribution in [0.4, 0.5) is 8.78 Å². The molecular formula is C7H9F2N. The Labute approximate surface area is 58.4 Å². The Bertz CT molecular complexity index is 184. The average molecular weight is 145 g/mol. The van der Waals surface area contributed by atoms with Crippen molar-refractivity contribution in [3.63, 3.8) is 0 Å². The van der Waals surface area contributed by atoms with Crippen molar-refractivity contribution >= 4 is 0 Å². The minimum atomic E-state index is -1.16. The molecule has 0 radical (unpaired) electrons. The van der Waals surface area contributed by atoms with Crippen molar-refractivity contribution in [1.29, 1.82) is 0 Å². The Balaban J connectivity index is 2.73. The van der Waals surface area contributed by atoms with Crippen molar-refractivity contribution in [2.45, 2.75) is 12.6 Å². The number of likely N-dealkylation sites (N-methyl/N-ethyl adjacent to an activating group) is 1. The van der Waals surface area contributed by atoms with Gasteiger partial charge in [0, 0.05) is 13.5 Å². The van der Waals surface area contributed by atoms with E-state index in [4.69, 9.17) is 0 Å². The third-order valence-electron chi connectivity index (χ3n) is 1.41. The highest BCUT2D eigenvalue weighted by Crippen LogP contribution is 2.19. The molecule has 1 atom stereocenters. The van der Waals surface area contributed by atoms with Gasteiger partial charge >= 0.3 is 0 Å². The molecule has 1 aliphatic rings. The van der Waals surface area contributed by atoms with Gasteiger partial charge in [0.25, 0.3) is 0 Å². The van der Waals surface area contributed by atoms with Gasteiger partial charge in [0.2, 0.25) is 0 Å². The first kappa shape index (κ1) is 7.25. The number of allylic oxidation sites excluding steroid dienone is 3. The predicted molar refractivity (Wildman–Crippen MR) is 35.8 cm³/mol. The van der Waals surface area contributed by atoms with Crippen LogP contribution in [0.5, 0.6) is 0 Å². The molecule has 56 valence electrons. The van der Waals surface area contributed by atoms with Gasteiger partial charge in [-0.2, -0.15) is 0 Å². The van der Waals surface area contributed by atoms with Crippen molar-refractivity contribution in [3.05, 3.63) is 23.7 Å². The van der Waals surface area contributed by atoms with E-state index in [0.717, 1.165) is 0 Å². The van der Waals surface area contributed by atoms with E-state index in [-0.39, 0.29) is 6.42 Å². The predicted octanol–water partition coefficient (Wildman–Crippen LogP) is 1.68. The molecule has 0 heterocycles. The van der Waals surface area contributed by atoms with Gasteiger partial charge < -0.3 is 5.32 Å². The lowest BCUT2D eigenvalue weighted by atomic mass is 10.1. The largest absolute Gasteiger partial charge is 0.386 e. The van der Waals surface area contributed by atoms with Crippen LogP contribution in [-0.4, -0.2) is 13.2 Å². The van der Waals surface area contributed by atoms with E-state index in [2.05, 4.69) is 5.32 Å². The Morgan fingerprint density at radius 3 is 2.90 bits per heavy atom. The van der Waals surface area contributed by atoms with Crippen molar-refractivity contribution < 1.29 is 8.78 Å². The van der Waals surface area contributed by atoms with Crippen molar-refractivity contribution in [2.75, 3.05) is 7.05 Å². The minimum absolute atomic E-state index is 0.132. The Morgan fingerprint density at radius 2 is 2.40 bits per heavy atom. The van der Waals surface area contributed by atoms with E-state index in [1.807, 2.05) is 0 Å². The van der Waals surface area contributed by atoms with Gasteiger partial charge in [0.05, 0.1) is 5.70 Å². The van der Waals surface area contributed by atoms with Crippen LogP contribution in [0.3, 0.4) is 0 Å². The molecule has 3 heteroatoms. The summed E-state index contributed by atoms with van der Waals surface area (Å²) >= 11 is 0. The van der Waals surface area contributed by atoms with Gasteiger partial charge in [-0.05, 0) is 12.2 Å². The Hall–Kier alpha value is -0.860. The summed E-state index contributed by atoms with van der Waals surface area (Å²) in [5.41, 5.74) is 0.383. The summed E-state index contributed by atoms with van der Waals surface area (Å²) < 4.78 is 25.0. The fourth-order valence-corrected chi connectivity index (χ4v) is 0.859. The van der Waals surface area contributed by atoms with E-state index in [1.54, 1.807) is 7.05 Å². The van der Waals surface area contributed by atoms with E-state index < -0.39 is 12.0 Å². The fourth-order valence-electron chi connectivity index (χ4n) is 0.859. The van der Waals surface area contributed by atoms with Crippen molar-refractivity contribution in [1.82, 2.24) is 5.32 Å². The van der Waals surface area contributed by atoms with Gasteiger partial charge in [-0.25, -0.2) is 8.78 Å². The summed E-state index contributed by atoms with van der Waals surface area (Å²) in [6.07, 6.45) is 1.47. The van der Waals surface area contributed by atoms with Gasteiger partial charge in [-0.1, -0.05) is 0 Å². The molecule has 10 heavy (non-hydrogen) atoms. The topological polar surface area (TPSA) is 12.0 Å². The average Bonchev–Trinajstić information content (AvgIpc) is 1.88. The first-order chi connectivity index (χ1) is 4.74. The Kier molecular flexibility index (Phi) is 2.04. The molecule has 1 rings (SSSR count). The quantitative estimate of drug-likeness (QED) is 0.592. The Morgan fingerprint density at radius 1 is 1.70 bits per heavy atom. The van der Waals surface area contributed by atoms with Crippen LogP contribution in [0.25, 0.3) is 0 Å². The number of rotatable bonds is 1. The summed E-state index contributed by atoms with van der Waals surface area (Å²) in [6.45, 7) is 0. The van der Waals surface area contributed by atoms with E-state index >= 15 is 0 Å². The second kappa shape index (κ2) is 2.82. The highest BCUT2D eigenvalue weighted by Gasteiger charge is 2.13. The number of halogens is 2. The maximum atomic E-state index is 12.6. The standard InChI is InChI=1S/C7H9F2N/c1-10-7-3-2-5(8)4-6(7)9/h2-3,5,10H,4H2,1H3. The van der Waals surface area contributed by atoms with E-state index in [9.17, 15) is 8.78 Å². The molecule has 1 aliphatic carbocycles. The van der Waals surface area contributed by atoms with Crippen LogP contribution in [0.15, 0.2) is 23.7 Å². The smallest absolute Gasteiger partial charge is 0.126 e. The monoisotopic (exact) mass is 145 g/mol. The molecule has 1 N–H and O–H groups in total. The van der Waals surface area contributed by atoms with Crippen LogP contribution in [0, 0.1) is 0 Å². The van der Waals surface area contributed by atoms with E-state index in [1.165, 1.54) is 12.2 Å². The molecule has 0 aliphatic heterocycles. The van der Waals surface area contributed by atoms with Crippen LogP contribution in [0.2, 0.25) is 0 Å². The van der Waals surface area contributed by atoms with Crippen LogP contribution in [-0.2, 0) is 0 Å². The lowest BCUT2D eigenvalue weighted by molar-refractivity contribution is 0.364. The second-order valence-electron chi connectivity index (χ2n) is 2.15. The van der Waals surface area contributed by atoms with Gasteiger partial charge in [-0.15, -0.1) is 0 Å². The summed E-state index contributed by atoms with van der Waals surface area (Å²) in [7, 11) is 1.61. The fraction of sp³-hybridized carbons (Fsp3) is 0.429. The molecule has 0 bridgehead atoms. The first-order valence-corrected chi connectivity index (χ1v) is 3.12. The minimum Gasteiger partial charge on any atom is -0.386 e. The zero-order chi connectivity index (χ0) is 7.56. The molecule has 0 spiro atoms. The van der Waals surface area contributed by atoms with Gasteiger partial charge in [-0.3, -0.25) is 0 Å². The maximum absolute atomic E-state index is 12.6. The van der Waals surface area contributed by atoms with Crippen molar-refractivity contribution in [2.24, 2.45) is 0 Å². The molecule has 0 aromatic carbocycles. The summed E-state index contributed by atoms with van der Waals surface area (Å²) in [5.74, 6) is -0.405. The van der Waals surface area contributed by atoms with Crippen LogP contribution >= 0.6 is 0 Å². The molecule has 0 aromatic rings. The molecule has 0 fully saturated rings. The van der Waals surface area contributed by atoms with Gasteiger partial charge in [0.1, 0.15) is 12.0 Å². The normalized spacial score (nSPS) is 25.3. The summed E-state index contributed by atoms with van der Waals surface area (Å²) in [5, 5.41) is 2.63.